The fourth-order valence-electron chi connectivity index (χ4n) is 1.67. The first-order valence-electron chi connectivity index (χ1n) is 6.79. The van der Waals surface area contributed by atoms with Gasteiger partial charge in [0.05, 0.1) is 5.56 Å². The molecule has 0 saturated heterocycles. The Labute approximate surface area is 127 Å². The molecular formula is C15H19FN2O4. The number of esters is 1. The first-order valence-corrected chi connectivity index (χ1v) is 6.79. The van der Waals surface area contributed by atoms with E-state index in [9.17, 15) is 18.8 Å². The Kier molecular flexibility index (Phi) is 6.03. The average molecular weight is 310 g/mol. The summed E-state index contributed by atoms with van der Waals surface area (Å²) in [6, 6.07) is 4.39. The maximum absolute atomic E-state index is 13.6. The quantitative estimate of drug-likeness (QED) is 0.766. The number of amides is 2. The largest absolute Gasteiger partial charge is 0.451 e. The number of ether oxygens (including phenoxy) is 1. The van der Waals surface area contributed by atoms with Crippen molar-refractivity contribution in [1.82, 2.24) is 5.32 Å². The molecule has 0 spiro atoms. The molecule has 2 atom stereocenters. The molecule has 0 heterocycles. The monoisotopic (exact) mass is 310 g/mol. The molecule has 0 unspecified atom stereocenters. The Morgan fingerprint density at radius 1 is 1.18 bits per heavy atom. The molecule has 7 heteroatoms. The summed E-state index contributed by atoms with van der Waals surface area (Å²) in [7, 11) is 0. The van der Waals surface area contributed by atoms with Crippen molar-refractivity contribution in [3.63, 3.8) is 0 Å². The predicted octanol–water partition coefficient (Wildman–Crippen LogP) is 0.997. The summed E-state index contributed by atoms with van der Waals surface area (Å²) in [5, 5.41) is 2.41. The normalized spacial score (nSPS) is 13.3. The zero-order valence-electron chi connectivity index (χ0n) is 12.6. The van der Waals surface area contributed by atoms with Crippen LogP contribution in [0.2, 0.25) is 0 Å². The zero-order chi connectivity index (χ0) is 16.9. The number of hydrogen-bond donors (Lipinski definition) is 2. The molecule has 1 rings (SSSR count). The number of nitrogens with one attached hydrogen (secondary N) is 1. The van der Waals surface area contributed by atoms with Crippen molar-refractivity contribution in [2.45, 2.75) is 32.9 Å². The Morgan fingerprint density at radius 3 is 2.27 bits per heavy atom. The zero-order valence-corrected chi connectivity index (χ0v) is 12.6. The lowest BCUT2D eigenvalue weighted by Crippen LogP contribution is -2.47. The van der Waals surface area contributed by atoms with Crippen molar-refractivity contribution in [3.8, 4) is 0 Å². The van der Waals surface area contributed by atoms with Gasteiger partial charge in [0.15, 0.2) is 6.10 Å². The summed E-state index contributed by atoms with van der Waals surface area (Å²) in [5.74, 6) is -3.34. The van der Waals surface area contributed by atoms with Crippen molar-refractivity contribution < 1.29 is 23.5 Å². The van der Waals surface area contributed by atoms with Crippen molar-refractivity contribution in [2.75, 3.05) is 0 Å². The number of carbonyl (C=O) groups is 3. The first-order chi connectivity index (χ1) is 10.2. The van der Waals surface area contributed by atoms with E-state index in [0.717, 1.165) is 6.07 Å². The number of nitrogens with two attached hydrogens (primary N) is 1. The molecule has 0 fully saturated rings. The number of hydrogen-bond acceptors (Lipinski definition) is 4. The van der Waals surface area contributed by atoms with Gasteiger partial charge in [-0.3, -0.25) is 9.59 Å². The third-order valence-electron chi connectivity index (χ3n) is 3.02. The van der Waals surface area contributed by atoms with Gasteiger partial charge in [0, 0.05) is 0 Å². The number of halogens is 1. The van der Waals surface area contributed by atoms with Crippen molar-refractivity contribution >= 4 is 17.8 Å². The van der Waals surface area contributed by atoms with E-state index in [4.69, 9.17) is 10.5 Å². The van der Waals surface area contributed by atoms with Crippen LogP contribution in [0.4, 0.5) is 4.39 Å². The fourth-order valence-corrected chi connectivity index (χ4v) is 1.67. The minimum atomic E-state index is -1.11. The molecule has 6 nitrogen and oxygen atoms in total. The third kappa shape index (κ3) is 4.54. The van der Waals surface area contributed by atoms with Crippen LogP contribution >= 0.6 is 0 Å². The molecule has 22 heavy (non-hydrogen) atoms. The van der Waals surface area contributed by atoms with Gasteiger partial charge in [0.1, 0.15) is 11.9 Å². The molecule has 0 aliphatic heterocycles. The highest BCUT2D eigenvalue weighted by Crippen LogP contribution is 2.10. The number of carbonyl (C=O) groups excluding carboxylic acids is 3. The molecule has 3 N–H and O–H groups in total. The number of benzene rings is 1. The lowest BCUT2D eigenvalue weighted by molar-refractivity contribution is -0.156. The van der Waals surface area contributed by atoms with Crippen LogP contribution in [0.25, 0.3) is 0 Å². The van der Waals surface area contributed by atoms with Crippen molar-refractivity contribution in [2.24, 2.45) is 11.7 Å². The van der Waals surface area contributed by atoms with Crippen LogP contribution in [-0.2, 0) is 14.3 Å². The minimum Gasteiger partial charge on any atom is -0.451 e. The van der Waals surface area contributed by atoms with Gasteiger partial charge in [-0.05, 0) is 25.0 Å². The molecule has 0 aromatic heterocycles. The predicted molar refractivity (Wildman–Crippen MR) is 77.2 cm³/mol. The summed E-state index contributed by atoms with van der Waals surface area (Å²) < 4.78 is 18.5. The number of primary amides is 1. The second-order valence-electron chi connectivity index (χ2n) is 5.16. The smallest absolute Gasteiger partial charge is 0.329 e. The Hall–Kier alpha value is -2.44. The molecular weight excluding hydrogens is 291 g/mol. The summed E-state index contributed by atoms with van der Waals surface area (Å²) in [6.45, 7) is 4.70. The van der Waals surface area contributed by atoms with Gasteiger partial charge < -0.3 is 15.8 Å². The van der Waals surface area contributed by atoms with Gasteiger partial charge in [0.2, 0.25) is 0 Å². The Bertz CT molecular complexity index is 574. The highest BCUT2D eigenvalue weighted by atomic mass is 19.1. The van der Waals surface area contributed by atoms with E-state index in [1.807, 2.05) is 0 Å². The Balaban J connectivity index is 2.84. The molecule has 0 bridgehead atoms. The van der Waals surface area contributed by atoms with Crippen molar-refractivity contribution in [1.29, 1.82) is 0 Å². The van der Waals surface area contributed by atoms with Gasteiger partial charge in [-0.2, -0.15) is 0 Å². The average Bonchev–Trinajstić information content (AvgIpc) is 2.44. The molecule has 0 aliphatic rings. The summed E-state index contributed by atoms with van der Waals surface area (Å²) in [6.07, 6.45) is -1.11. The minimum absolute atomic E-state index is 0.177. The molecule has 0 aliphatic carbocycles. The molecule has 120 valence electrons. The van der Waals surface area contributed by atoms with E-state index in [1.54, 1.807) is 13.8 Å². The topological polar surface area (TPSA) is 98.5 Å². The van der Waals surface area contributed by atoms with Crippen LogP contribution in [0.1, 0.15) is 31.1 Å². The first kappa shape index (κ1) is 17.6. The maximum Gasteiger partial charge on any atom is 0.329 e. The van der Waals surface area contributed by atoms with Crippen LogP contribution in [-0.4, -0.2) is 29.9 Å². The Morgan fingerprint density at radius 2 is 1.77 bits per heavy atom. The van der Waals surface area contributed by atoms with Gasteiger partial charge in [-0.25, -0.2) is 9.18 Å². The van der Waals surface area contributed by atoms with Crippen LogP contribution in [0.15, 0.2) is 24.3 Å². The van der Waals surface area contributed by atoms with Crippen LogP contribution in [0, 0.1) is 11.7 Å². The van der Waals surface area contributed by atoms with Crippen LogP contribution in [0.3, 0.4) is 0 Å². The van der Waals surface area contributed by atoms with E-state index in [0.29, 0.717) is 0 Å². The summed E-state index contributed by atoms with van der Waals surface area (Å²) in [4.78, 5) is 35.0. The summed E-state index contributed by atoms with van der Waals surface area (Å²) in [5.41, 5.74) is 4.84. The highest BCUT2D eigenvalue weighted by Gasteiger charge is 2.29. The molecule has 0 saturated carbocycles. The van der Waals surface area contributed by atoms with Crippen LogP contribution < -0.4 is 11.1 Å². The standard InChI is InChI=1S/C15H19FN2O4/c1-8(2)12(15(21)22-9(3)13(17)19)18-14(20)10-6-4-5-7-11(10)16/h4-9,12H,1-3H3,(H2,17,19)(H,18,20)/t9-,12-/m0/s1. The van der Waals surface area contributed by atoms with Crippen molar-refractivity contribution in [3.05, 3.63) is 35.6 Å². The fraction of sp³-hybridized carbons (Fsp3) is 0.400. The molecule has 1 aromatic rings. The second-order valence-corrected chi connectivity index (χ2v) is 5.16. The van der Waals surface area contributed by atoms with E-state index in [-0.39, 0.29) is 11.5 Å². The third-order valence-corrected chi connectivity index (χ3v) is 3.02. The molecule has 1 aromatic carbocycles. The lowest BCUT2D eigenvalue weighted by atomic mass is 10.0. The highest BCUT2D eigenvalue weighted by molar-refractivity contribution is 5.97. The maximum atomic E-state index is 13.6. The van der Waals surface area contributed by atoms with Gasteiger partial charge in [-0.15, -0.1) is 0 Å². The van der Waals surface area contributed by atoms with Gasteiger partial charge in [0.25, 0.3) is 11.8 Å². The van der Waals surface area contributed by atoms with E-state index in [1.165, 1.54) is 25.1 Å². The summed E-state index contributed by atoms with van der Waals surface area (Å²) >= 11 is 0. The lowest BCUT2D eigenvalue weighted by Gasteiger charge is -2.22. The van der Waals surface area contributed by atoms with Crippen LogP contribution in [0.5, 0.6) is 0 Å². The number of rotatable bonds is 6. The van der Waals surface area contributed by atoms with E-state index < -0.39 is 35.7 Å². The molecule has 0 radical (unpaired) electrons. The SMILES string of the molecule is CC(C)[C@H](NC(=O)c1ccccc1F)C(=O)O[C@@H](C)C(N)=O. The second kappa shape index (κ2) is 7.53. The van der Waals surface area contributed by atoms with E-state index in [2.05, 4.69) is 5.32 Å². The van der Waals surface area contributed by atoms with Gasteiger partial charge >= 0.3 is 5.97 Å². The van der Waals surface area contributed by atoms with E-state index >= 15 is 0 Å². The molecule has 2 amide bonds. The van der Waals surface area contributed by atoms with Gasteiger partial charge in [-0.1, -0.05) is 26.0 Å².